The van der Waals surface area contributed by atoms with Gasteiger partial charge in [-0.3, -0.25) is 0 Å². The summed E-state index contributed by atoms with van der Waals surface area (Å²) in [6.45, 7) is 3.61. The van der Waals surface area contributed by atoms with Crippen molar-refractivity contribution in [2.75, 3.05) is 0 Å². The summed E-state index contributed by atoms with van der Waals surface area (Å²) in [4.78, 5) is 0. The molecule has 2 N–H and O–H groups in total. The highest BCUT2D eigenvalue weighted by Crippen LogP contribution is 2.19. The van der Waals surface area contributed by atoms with Crippen LogP contribution in [0.4, 0.5) is 8.78 Å². The van der Waals surface area contributed by atoms with Gasteiger partial charge in [-0.2, -0.15) is 0 Å². The minimum atomic E-state index is -0.841. The Bertz CT molecular complexity index is 336. The van der Waals surface area contributed by atoms with E-state index in [0.29, 0.717) is 5.56 Å². The first-order chi connectivity index (χ1) is 7.15. The summed E-state index contributed by atoms with van der Waals surface area (Å²) in [5.41, 5.74) is 6.47. The van der Waals surface area contributed by atoms with E-state index in [2.05, 4.69) is 6.58 Å². The van der Waals surface area contributed by atoms with E-state index < -0.39 is 11.6 Å². The summed E-state index contributed by atoms with van der Waals surface area (Å²) in [7, 11) is 0. The minimum absolute atomic E-state index is 0.236. The second-order valence-electron chi connectivity index (χ2n) is 3.50. The topological polar surface area (TPSA) is 26.0 Å². The Hall–Kier alpha value is -1.22. The predicted octanol–water partition coefficient (Wildman–Crippen LogP) is 3.32. The summed E-state index contributed by atoms with van der Waals surface area (Å²) in [5.74, 6) is -1.68. The largest absolute Gasteiger partial charge is 0.324 e. The van der Waals surface area contributed by atoms with Gasteiger partial charge < -0.3 is 5.73 Å². The number of nitrogens with two attached hydrogens (primary N) is 1. The maximum atomic E-state index is 12.9. The molecule has 0 bridgehead atoms. The van der Waals surface area contributed by atoms with Crippen molar-refractivity contribution in [3.05, 3.63) is 48.1 Å². The van der Waals surface area contributed by atoms with Gasteiger partial charge in [-0.1, -0.05) is 12.1 Å². The number of unbranched alkanes of at least 4 members (excludes halogenated alkanes) is 1. The normalized spacial score (nSPS) is 12.5. The lowest BCUT2D eigenvalue weighted by Gasteiger charge is -2.11. The Morgan fingerprint density at radius 1 is 1.33 bits per heavy atom. The Balaban J connectivity index is 2.61. The van der Waals surface area contributed by atoms with E-state index in [0.717, 1.165) is 31.4 Å². The van der Waals surface area contributed by atoms with Gasteiger partial charge in [-0.05, 0) is 37.0 Å². The highest BCUT2D eigenvalue weighted by Gasteiger charge is 2.08. The fourth-order valence-electron chi connectivity index (χ4n) is 1.39. The van der Waals surface area contributed by atoms with E-state index in [4.69, 9.17) is 5.73 Å². The van der Waals surface area contributed by atoms with Crippen molar-refractivity contribution in [2.45, 2.75) is 25.3 Å². The standard InChI is InChI=1S/C12H15F2N/c1-2-3-4-5-12(15)9-6-7-10(13)11(14)8-9/h2,6-8,12H,1,3-5,15H2. The Kier molecular flexibility index (Phi) is 4.43. The third-order valence-electron chi connectivity index (χ3n) is 2.30. The molecule has 1 atom stereocenters. The SMILES string of the molecule is C=CCCCC(N)c1ccc(F)c(F)c1. The van der Waals surface area contributed by atoms with Crippen molar-refractivity contribution in [2.24, 2.45) is 5.73 Å². The molecule has 0 spiro atoms. The first-order valence-electron chi connectivity index (χ1n) is 4.96. The van der Waals surface area contributed by atoms with E-state index >= 15 is 0 Å². The first-order valence-corrected chi connectivity index (χ1v) is 4.96. The van der Waals surface area contributed by atoms with Crippen LogP contribution in [0.1, 0.15) is 30.9 Å². The van der Waals surface area contributed by atoms with Crippen molar-refractivity contribution in [3.8, 4) is 0 Å². The molecule has 1 unspecified atom stereocenters. The van der Waals surface area contributed by atoms with Crippen LogP contribution < -0.4 is 5.73 Å². The fraction of sp³-hybridized carbons (Fsp3) is 0.333. The maximum absolute atomic E-state index is 12.9. The molecule has 0 saturated heterocycles. The van der Waals surface area contributed by atoms with Crippen LogP contribution in [0.5, 0.6) is 0 Å². The molecule has 0 aliphatic heterocycles. The molecule has 0 aliphatic rings. The van der Waals surface area contributed by atoms with Gasteiger partial charge in [-0.15, -0.1) is 6.58 Å². The number of rotatable bonds is 5. The Labute approximate surface area is 88.6 Å². The lowest BCUT2D eigenvalue weighted by molar-refractivity contribution is 0.503. The summed E-state index contributed by atoms with van der Waals surface area (Å²) in [6.07, 6.45) is 4.36. The van der Waals surface area contributed by atoms with E-state index in [9.17, 15) is 8.78 Å². The molecular weight excluding hydrogens is 196 g/mol. The smallest absolute Gasteiger partial charge is 0.159 e. The fourth-order valence-corrected chi connectivity index (χ4v) is 1.39. The molecule has 1 rings (SSSR count). The van der Waals surface area contributed by atoms with Crippen LogP contribution >= 0.6 is 0 Å². The molecule has 0 fully saturated rings. The lowest BCUT2D eigenvalue weighted by atomic mass is 10.0. The van der Waals surface area contributed by atoms with Gasteiger partial charge >= 0.3 is 0 Å². The van der Waals surface area contributed by atoms with E-state index in [1.165, 1.54) is 6.07 Å². The van der Waals surface area contributed by atoms with Crippen molar-refractivity contribution in [1.29, 1.82) is 0 Å². The van der Waals surface area contributed by atoms with Crippen LogP contribution in [0.3, 0.4) is 0 Å². The second kappa shape index (κ2) is 5.61. The van der Waals surface area contributed by atoms with Crippen LogP contribution in [0, 0.1) is 11.6 Å². The van der Waals surface area contributed by atoms with Crippen LogP contribution in [0.15, 0.2) is 30.9 Å². The molecule has 0 aromatic heterocycles. The zero-order valence-electron chi connectivity index (χ0n) is 8.55. The predicted molar refractivity (Wildman–Crippen MR) is 57.3 cm³/mol. The number of halogens is 2. The van der Waals surface area contributed by atoms with Gasteiger partial charge in [0.1, 0.15) is 0 Å². The molecule has 3 heteroatoms. The Morgan fingerprint density at radius 3 is 2.67 bits per heavy atom. The molecule has 1 aromatic carbocycles. The number of benzene rings is 1. The molecule has 1 nitrogen and oxygen atoms in total. The average Bonchev–Trinajstić information content (AvgIpc) is 2.22. The maximum Gasteiger partial charge on any atom is 0.159 e. The molecule has 0 saturated carbocycles. The molecule has 0 radical (unpaired) electrons. The lowest BCUT2D eigenvalue weighted by Crippen LogP contribution is -2.10. The van der Waals surface area contributed by atoms with E-state index in [1.54, 1.807) is 0 Å². The van der Waals surface area contributed by atoms with Gasteiger partial charge in [0.05, 0.1) is 0 Å². The number of hydrogen-bond donors (Lipinski definition) is 1. The highest BCUT2D eigenvalue weighted by molar-refractivity contribution is 5.20. The van der Waals surface area contributed by atoms with Crippen molar-refractivity contribution in [1.82, 2.24) is 0 Å². The van der Waals surface area contributed by atoms with Gasteiger partial charge in [0.2, 0.25) is 0 Å². The molecule has 0 heterocycles. The molecule has 0 amide bonds. The summed E-state index contributed by atoms with van der Waals surface area (Å²) < 4.78 is 25.5. The van der Waals surface area contributed by atoms with Crippen LogP contribution in [0.2, 0.25) is 0 Å². The van der Waals surface area contributed by atoms with E-state index in [-0.39, 0.29) is 6.04 Å². The van der Waals surface area contributed by atoms with Crippen LogP contribution in [0.25, 0.3) is 0 Å². The van der Waals surface area contributed by atoms with Gasteiger partial charge in [0.15, 0.2) is 11.6 Å². The monoisotopic (exact) mass is 211 g/mol. The summed E-state index contributed by atoms with van der Waals surface area (Å²) in [5, 5.41) is 0. The van der Waals surface area contributed by atoms with Gasteiger partial charge in [0.25, 0.3) is 0 Å². The first kappa shape index (κ1) is 11.9. The Morgan fingerprint density at radius 2 is 2.07 bits per heavy atom. The molecule has 82 valence electrons. The highest BCUT2D eigenvalue weighted by atomic mass is 19.2. The number of hydrogen-bond acceptors (Lipinski definition) is 1. The summed E-state index contributed by atoms with van der Waals surface area (Å²) >= 11 is 0. The van der Waals surface area contributed by atoms with Gasteiger partial charge in [0, 0.05) is 6.04 Å². The number of allylic oxidation sites excluding steroid dienone is 1. The van der Waals surface area contributed by atoms with E-state index in [1.807, 2.05) is 6.08 Å². The summed E-state index contributed by atoms with van der Waals surface area (Å²) in [6, 6.07) is 3.56. The average molecular weight is 211 g/mol. The molecule has 0 aliphatic carbocycles. The van der Waals surface area contributed by atoms with Crippen LogP contribution in [-0.2, 0) is 0 Å². The quantitative estimate of drug-likeness (QED) is 0.586. The zero-order chi connectivity index (χ0) is 11.3. The van der Waals surface area contributed by atoms with Crippen LogP contribution in [-0.4, -0.2) is 0 Å². The van der Waals surface area contributed by atoms with Gasteiger partial charge in [-0.25, -0.2) is 8.78 Å². The van der Waals surface area contributed by atoms with Crippen molar-refractivity contribution >= 4 is 0 Å². The third kappa shape index (κ3) is 3.44. The van der Waals surface area contributed by atoms with Crippen molar-refractivity contribution in [3.63, 3.8) is 0 Å². The molecule has 15 heavy (non-hydrogen) atoms. The third-order valence-corrected chi connectivity index (χ3v) is 2.30. The molecular formula is C12H15F2N. The molecule has 1 aromatic rings. The zero-order valence-corrected chi connectivity index (χ0v) is 8.55. The minimum Gasteiger partial charge on any atom is -0.324 e. The second-order valence-corrected chi connectivity index (χ2v) is 3.50. The van der Waals surface area contributed by atoms with Crippen molar-refractivity contribution < 1.29 is 8.78 Å².